The zero-order valence-electron chi connectivity index (χ0n) is 14.9. The Hall–Kier alpha value is -2.12. The van der Waals surface area contributed by atoms with Crippen molar-refractivity contribution in [3.05, 3.63) is 40.3 Å². The maximum absolute atomic E-state index is 13.2. The standard InChI is InChI=1S/C20H21N3O3S/c24-20(17-8-21-10-27-17)23-9-14(13-1-2-15-16(7-13)26-11-25-15)19-18(23)12-3-5-22(19)6-4-12/h1-2,7-8,10,12,14,18-19H,3-6,9,11H2/t14-,18-,19-/m1/s1. The number of aromatic nitrogens is 1. The summed E-state index contributed by atoms with van der Waals surface area (Å²) in [4.78, 5) is 22.8. The van der Waals surface area contributed by atoms with E-state index in [4.69, 9.17) is 9.47 Å². The van der Waals surface area contributed by atoms with Gasteiger partial charge in [-0.05, 0) is 49.5 Å². The molecule has 4 saturated heterocycles. The smallest absolute Gasteiger partial charge is 0.265 e. The Balaban J connectivity index is 1.39. The van der Waals surface area contributed by atoms with Crippen LogP contribution in [0.4, 0.5) is 0 Å². The molecule has 0 spiro atoms. The highest BCUT2D eigenvalue weighted by molar-refractivity contribution is 7.11. The third-order valence-electron chi connectivity index (χ3n) is 6.72. The van der Waals surface area contributed by atoms with Crippen molar-refractivity contribution in [3.8, 4) is 11.5 Å². The van der Waals surface area contributed by atoms with Gasteiger partial charge in [0.05, 0.1) is 17.7 Å². The Labute approximate surface area is 161 Å². The molecule has 6 heterocycles. The van der Waals surface area contributed by atoms with E-state index in [-0.39, 0.29) is 5.91 Å². The van der Waals surface area contributed by atoms with E-state index in [1.807, 2.05) is 6.07 Å². The van der Waals surface area contributed by atoms with Crippen LogP contribution in [0.2, 0.25) is 0 Å². The number of rotatable bonds is 2. The Morgan fingerprint density at radius 1 is 1.15 bits per heavy atom. The number of ether oxygens (including phenoxy) is 2. The SMILES string of the molecule is O=C(c1cncs1)N1C[C@H](c2ccc3c(c2)OCO3)[C@@H]2[C@H]1C1CCN2CC1. The topological polar surface area (TPSA) is 54.9 Å². The predicted molar refractivity (Wildman–Crippen MR) is 100 cm³/mol. The van der Waals surface area contributed by atoms with E-state index in [9.17, 15) is 4.79 Å². The number of thiazole rings is 1. The average molecular weight is 383 g/mol. The molecule has 7 rings (SSSR count). The van der Waals surface area contributed by atoms with Crippen LogP contribution in [0.15, 0.2) is 29.9 Å². The monoisotopic (exact) mass is 383 g/mol. The first-order valence-electron chi connectivity index (χ1n) is 9.62. The maximum Gasteiger partial charge on any atom is 0.265 e. The Bertz CT molecular complexity index is 879. The summed E-state index contributed by atoms with van der Waals surface area (Å²) < 4.78 is 11.1. The predicted octanol–water partition coefficient (Wildman–Crippen LogP) is 2.57. The Morgan fingerprint density at radius 2 is 2.00 bits per heavy atom. The van der Waals surface area contributed by atoms with Crippen molar-refractivity contribution < 1.29 is 14.3 Å². The minimum absolute atomic E-state index is 0.143. The van der Waals surface area contributed by atoms with Crippen molar-refractivity contribution >= 4 is 17.2 Å². The number of fused-ring (bicyclic) bond motifs is 3. The molecule has 0 saturated carbocycles. The molecule has 6 nitrogen and oxygen atoms in total. The summed E-state index contributed by atoms with van der Waals surface area (Å²) in [5.41, 5.74) is 2.99. The molecule has 140 valence electrons. The van der Waals surface area contributed by atoms with Gasteiger partial charge in [0.25, 0.3) is 5.91 Å². The Morgan fingerprint density at radius 3 is 2.81 bits per heavy atom. The number of hydrogen-bond donors (Lipinski definition) is 0. The van der Waals surface area contributed by atoms with Gasteiger partial charge in [-0.3, -0.25) is 14.7 Å². The van der Waals surface area contributed by atoms with Crippen LogP contribution in [0.25, 0.3) is 0 Å². The second-order valence-corrected chi connectivity index (χ2v) is 8.78. The van der Waals surface area contributed by atoms with E-state index in [1.54, 1.807) is 11.7 Å². The van der Waals surface area contributed by atoms with Crippen LogP contribution in [0.3, 0.4) is 0 Å². The fourth-order valence-electron chi connectivity index (χ4n) is 5.55. The number of piperidine rings is 3. The number of benzene rings is 1. The zero-order chi connectivity index (χ0) is 18.0. The van der Waals surface area contributed by atoms with Gasteiger partial charge in [-0.2, -0.15) is 0 Å². The first-order chi connectivity index (χ1) is 13.3. The highest BCUT2D eigenvalue weighted by Gasteiger charge is 2.54. The minimum Gasteiger partial charge on any atom is -0.454 e. The molecule has 5 aliphatic rings. The van der Waals surface area contributed by atoms with Gasteiger partial charge < -0.3 is 14.4 Å². The van der Waals surface area contributed by atoms with Crippen LogP contribution in [0, 0.1) is 5.92 Å². The molecule has 3 atom stereocenters. The number of carbonyl (C=O) groups excluding carboxylic acids is 1. The van der Waals surface area contributed by atoms with Gasteiger partial charge in [0.15, 0.2) is 11.5 Å². The molecule has 4 fully saturated rings. The van der Waals surface area contributed by atoms with Gasteiger partial charge >= 0.3 is 0 Å². The van der Waals surface area contributed by atoms with Crippen LogP contribution in [0.5, 0.6) is 11.5 Å². The highest BCUT2D eigenvalue weighted by atomic mass is 32.1. The van der Waals surface area contributed by atoms with E-state index in [0.717, 1.165) is 36.0 Å². The van der Waals surface area contributed by atoms with Crippen LogP contribution in [-0.4, -0.2) is 59.2 Å². The fraction of sp³-hybridized carbons (Fsp3) is 0.500. The number of carbonyl (C=O) groups is 1. The Kier molecular flexibility index (Phi) is 3.50. The lowest BCUT2D eigenvalue weighted by molar-refractivity contribution is -0.00327. The van der Waals surface area contributed by atoms with Crippen molar-refractivity contribution in [2.75, 3.05) is 26.4 Å². The largest absolute Gasteiger partial charge is 0.454 e. The molecule has 0 aliphatic carbocycles. The maximum atomic E-state index is 13.2. The molecule has 1 aromatic carbocycles. The van der Waals surface area contributed by atoms with Crippen molar-refractivity contribution in [2.45, 2.75) is 30.8 Å². The van der Waals surface area contributed by atoms with E-state index < -0.39 is 0 Å². The molecular weight excluding hydrogens is 362 g/mol. The molecular formula is C20H21N3O3S. The summed E-state index contributed by atoms with van der Waals surface area (Å²) in [6.45, 7) is 3.35. The van der Waals surface area contributed by atoms with Gasteiger partial charge in [-0.25, -0.2) is 0 Å². The highest BCUT2D eigenvalue weighted by Crippen LogP contribution is 2.48. The summed E-state index contributed by atoms with van der Waals surface area (Å²) in [6.07, 6.45) is 4.10. The lowest BCUT2D eigenvalue weighted by Gasteiger charge is -2.51. The van der Waals surface area contributed by atoms with E-state index in [2.05, 4.69) is 26.9 Å². The van der Waals surface area contributed by atoms with Crippen LogP contribution >= 0.6 is 11.3 Å². The second kappa shape index (κ2) is 5.94. The molecule has 2 bridgehead atoms. The minimum atomic E-state index is 0.143. The third-order valence-corrected chi connectivity index (χ3v) is 7.48. The molecule has 2 aromatic rings. The van der Waals surface area contributed by atoms with Gasteiger partial charge in [-0.15, -0.1) is 11.3 Å². The molecule has 0 unspecified atom stereocenters. The second-order valence-electron chi connectivity index (χ2n) is 7.90. The number of hydrogen-bond acceptors (Lipinski definition) is 6. The normalized spacial score (nSPS) is 33.3. The summed E-state index contributed by atoms with van der Waals surface area (Å²) in [7, 11) is 0. The van der Waals surface area contributed by atoms with E-state index in [1.165, 1.54) is 29.7 Å². The third kappa shape index (κ3) is 2.34. The first-order valence-corrected chi connectivity index (χ1v) is 10.5. The number of nitrogens with zero attached hydrogens (tertiary/aromatic N) is 3. The van der Waals surface area contributed by atoms with Gasteiger partial charge in [0.1, 0.15) is 4.88 Å². The summed E-state index contributed by atoms with van der Waals surface area (Å²) >= 11 is 1.44. The lowest BCUT2D eigenvalue weighted by Crippen LogP contribution is -2.60. The van der Waals surface area contributed by atoms with E-state index >= 15 is 0 Å². The van der Waals surface area contributed by atoms with Gasteiger partial charge in [0, 0.05) is 18.5 Å². The average Bonchev–Trinajstić information content (AvgIpc) is 3.47. The first kappa shape index (κ1) is 15.9. The van der Waals surface area contributed by atoms with E-state index in [0.29, 0.717) is 30.7 Å². The van der Waals surface area contributed by atoms with Crippen molar-refractivity contribution in [2.24, 2.45) is 5.92 Å². The van der Waals surface area contributed by atoms with Crippen molar-refractivity contribution in [1.82, 2.24) is 14.8 Å². The summed E-state index contributed by atoms with van der Waals surface area (Å²) in [6, 6.07) is 6.98. The van der Waals surface area contributed by atoms with Gasteiger partial charge in [0.2, 0.25) is 6.79 Å². The van der Waals surface area contributed by atoms with Crippen molar-refractivity contribution in [3.63, 3.8) is 0 Å². The van der Waals surface area contributed by atoms with Crippen LogP contribution in [0.1, 0.15) is 34.0 Å². The molecule has 7 heteroatoms. The van der Waals surface area contributed by atoms with Crippen LogP contribution in [-0.2, 0) is 0 Å². The molecule has 27 heavy (non-hydrogen) atoms. The van der Waals surface area contributed by atoms with Crippen LogP contribution < -0.4 is 9.47 Å². The fourth-order valence-corrected chi connectivity index (χ4v) is 6.13. The molecule has 1 aromatic heterocycles. The molecule has 1 amide bonds. The summed E-state index contributed by atoms with van der Waals surface area (Å²) in [5, 5.41) is 0. The van der Waals surface area contributed by atoms with Gasteiger partial charge in [-0.1, -0.05) is 6.07 Å². The lowest BCUT2D eigenvalue weighted by atomic mass is 9.75. The summed E-state index contributed by atoms with van der Waals surface area (Å²) in [5.74, 6) is 2.70. The molecule has 0 N–H and O–H groups in total. The van der Waals surface area contributed by atoms with Crippen molar-refractivity contribution in [1.29, 1.82) is 0 Å². The molecule has 0 radical (unpaired) electrons. The number of amides is 1. The molecule has 5 aliphatic heterocycles. The number of likely N-dealkylation sites (tertiary alicyclic amines) is 1. The zero-order valence-corrected chi connectivity index (χ0v) is 15.7. The quantitative estimate of drug-likeness (QED) is 0.798.